The van der Waals surface area contributed by atoms with E-state index in [1.54, 1.807) is 24.3 Å². The van der Waals surface area contributed by atoms with Crippen molar-refractivity contribution in [1.29, 1.82) is 0 Å². The van der Waals surface area contributed by atoms with E-state index in [9.17, 15) is 23.2 Å². The van der Waals surface area contributed by atoms with Crippen molar-refractivity contribution in [3.05, 3.63) is 59.5 Å². The van der Waals surface area contributed by atoms with E-state index in [1.165, 1.54) is 18.2 Å². The van der Waals surface area contributed by atoms with Gasteiger partial charge in [0.05, 0.1) is 13.0 Å². The number of halogens is 2. The predicted octanol–water partition coefficient (Wildman–Crippen LogP) is 5.58. The Morgan fingerprint density at radius 1 is 1.07 bits per heavy atom. The van der Waals surface area contributed by atoms with Gasteiger partial charge in [-0.3, -0.25) is 9.59 Å². The molecule has 3 amide bonds. The van der Waals surface area contributed by atoms with E-state index in [4.69, 9.17) is 25.4 Å². The summed E-state index contributed by atoms with van der Waals surface area (Å²) in [4.78, 5) is 41.0. The molecule has 1 unspecified atom stereocenters. The smallest absolute Gasteiger partial charge is 0.405 e. The Bertz CT molecular complexity index is 1460. The van der Waals surface area contributed by atoms with Crippen LogP contribution in [0.3, 0.4) is 0 Å². The molecule has 1 saturated carbocycles. The number of primary amides is 2. The van der Waals surface area contributed by atoms with Gasteiger partial charge in [-0.2, -0.15) is 8.78 Å². The van der Waals surface area contributed by atoms with Gasteiger partial charge in [-0.15, -0.1) is 0 Å². The van der Waals surface area contributed by atoms with Gasteiger partial charge in [0, 0.05) is 11.3 Å². The molecule has 13 heteroatoms. The van der Waals surface area contributed by atoms with E-state index in [2.05, 4.69) is 15.0 Å². The third kappa shape index (κ3) is 9.15. The van der Waals surface area contributed by atoms with Gasteiger partial charge in [0.15, 0.2) is 29.1 Å². The molecule has 230 valence electrons. The minimum atomic E-state index is -3.06. The minimum Gasteiger partial charge on any atom is -0.489 e. The molecule has 1 aromatic heterocycles. The largest absolute Gasteiger partial charge is 0.489 e. The average Bonchev–Trinajstić information content (AvgIpc) is 3.62. The van der Waals surface area contributed by atoms with Gasteiger partial charge in [0.1, 0.15) is 0 Å². The predicted molar refractivity (Wildman–Crippen MR) is 152 cm³/mol. The maximum absolute atomic E-state index is 13.5. The molecule has 43 heavy (non-hydrogen) atoms. The van der Waals surface area contributed by atoms with E-state index in [1.807, 2.05) is 20.8 Å². The number of carbonyl (C=O) groups is 3. The molecule has 11 nitrogen and oxygen atoms in total. The number of nitrogens with zero attached hydrogens (tertiary/aromatic N) is 1. The summed E-state index contributed by atoms with van der Waals surface area (Å²) in [6.07, 6.45) is 0.0724. The molecule has 1 fully saturated rings. The van der Waals surface area contributed by atoms with Crippen LogP contribution < -0.4 is 26.3 Å². The van der Waals surface area contributed by atoms with Gasteiger partial charge in [-0.25, -0.2) is 9.78 Å². The minimum absolute atomic E-state index is 0.0391. The third-order valence-electron chi connectivity index (χ3n) is 6.39. The average molecular weight is 601 g/mol. The summed E-state index contributed by atoms with van der Waals surface area (Å²) >= 11 is 0. The van der Waals surface area contributed by atoms with Crippen LogP contribution in [-0.2, 0) is 16.0 Å². The summed E-state index contributed by atoms with van der Waals surface area (Å²) in [5.41, 5.74) is 11.4. The van der Waals surface area contributed by atoms with Crippen molar-refractivity contribution in [3.63, 3.8) is 0 Å². The zero-order chi connectivity index (χ0) is 31.3. The number of aromatic nitrogens is 1. The number of anilines is 1. The highest BCUT2D eigenvalue weighted by Gasteiger charge is 2.33. The summed E-state index contributed by atoms with van der Waals surface area (Å²) in [5.74, 6) is -1.05. The lowest BCUT2D eigenvalue weighted by Crippen LogP contribution is -2.23. The van der Waals surface area contributed by atoms with Crippen LogP contribution in [0.2, 0.25) is 0 Å². The number of hydrogen-bond donors (Lipinski definition) is 3. The Labute approximate surface area is 246 Å². The van der Waals surface area contributed by atoms with Gasteiger partial charge >= 0.3 is 12.7 Å². The number of nitrogens with one attached hydrogen (secondary N) is 1. The number of carbonyl (C=O) groups excluding carboxylic acids is 3. The van der Waals surface area contributed by atoms with Crippen LogP contribution >= 0.6 is 0 Å². The van der Waals surface area contributed by atoms with Gasteiger partial charge < -0.3 is 35.4 Å². The second-order valence-corrected chi connectivity index (χ2v) is 11.5. The monoisotopic (exact) mass is 600 g/mol. The fraction of sp³-hybridized carbons (Fsp3) is 0.400. The van der Waals surface area contributed by atoms with Crippen LogP contribution in [0.5, 0.6) is 11.5 Å². The number of rotatable bonds is 13. The molecule has 0 bridgehead atoms. The van der Waals surface area contributed by atoms with Gasteiger partial charge in [-0.05, 0) is 66.5 Å². The summed E-state index contributed by atoms with van der Waals surface area (Å²) in [6, 6.07) is 10.6. The third-order valence-corrected chi connectivity index (χ3v) is 6.39. The van der Waals surface area contributed by atoms with E-state index in [0.717, 1.165) is 12.8 Å². The second-order valence-electron chi connectivity index (χ2n) is 11.5. The Hall–Kier alpha value is -4.68. The number of benzene rings is 2. The quantitative estimate of drug-likeness (QED) is 0.228. The Morgan fingerprint density at radius 2 is 1.77 bits per heavy atom. The summed E-state index contributed by atoms with van der Waals surface area (Å²) < 4.78 is 47.9. The Kier molecular flexibility index (Phi) is 9.52. The number of oxazole rings is 1. The molecular weight excluding hydrogens is 566 g/mol. The Balaban J connectivity index is 1.72. The molecule has 0 saturated heterocycles. The first-order chi connectivity index (χ1) is 20.3. The molecular formula is C30H34F2N4O7. The fourth-order valence-electron chi connectivity index (χ4n) is 4.26. The molecule has 4 rings (SSSR count). The maximum Gasteiger partial charge on any atom is 0.405 e. The number of alkyl halides is 2. The van der Waals surface area contributed by atoms with Crippen LogP contribution in [0.4, 0.5) is 19.3 Å². The highest BCUT2D eigenvalue weighted by molar-refractivity contribution is 6.04. The van der Waals surface area contributed by atoms with Crippen molar-refractivity contribution in [2.75, 3.05) is 11.9 Å². The summed E-state index contributed by atoms with van der Waals surface area (Å²) in [5, 5.41) is 2.72. The van der Waals surface area contributed by atoms with Crippen LogP contribution in [0, 0.1) is 11.3 Å². The zero-order valence-corrected chi connectivity index (χ0v) is 24.0. The van der Waals surface area contributed by atoms with E-state index in [0.29, 0.717) is 29.3 Å². The lowest BCUT2D eigenvalue weighted by Gasteiger charge is -2.24. The molecule has 1 aliphatic carbocycles. The van der Waals surface area contributed by atoms with E-state index >= 15 is 0 Å². The second kappa shape index (κ2) is 13.1. The first kappa shape index (κ1) is 31.3. The molecule has 1 atom stereocenters. The van der Waals surface area contributed by atoms with Gasteiger partial charge in [0.2, 0.25) is 11.8 Å². The van der Waals surface area contributed by atoms with Crippen molar-refractivity contribution < 1.29 is 41.8 Å². The highest BCUT2D eigenvalue weighted by atomic mass is 19.3. The first-order valence-corrected chi connectivity index (χ1v) is 13.6. The Morgan fingerprint density at radius 3 is 2.35 bits per heavy atom. The lowest BCUT2D eigenvalue weighted by atomic mass is 9.88. The van der Waals surface area contributed by atoms with Crippen LogP contribution in [0.15, 0.2) is 46.9 Å². The van der Waals surface area contributed by atoms with Gasteiger partial charge in [-0.1, -0.05) is 32.9 Å². The van der Waals surface area contributed by atoms with Crippen molar-refractivity contribution in [2.24, 2.45) is 22.8 Å². The maximum atomic E-state index is 13.5. The normalized spacial score (nSPS) is 13.8. The molecule has 0 radical (unpaired) electrons. The van der Waals surface area contributed by atoms with Crippen molar-refractivity contribution in [1.82, 2.24) is 4.98 Å². The topological polar surface area (TPSA) is 169 Å². The zero-order valence-electron chi connectivity index (χ0n) is 24.0. The number of amides is 3. The highest BCUT2D eigenvalue weighted by Crippen LogP contribution is 2.39. The molecule has 1 heterocycles. The standard InChI is InChI=1S/C30H34F2N4O7/c1-30(2,3)14-22(42-29(34)39)25-24(26(38)35-19-9-6-16(7-10-19)12-23(33)37)36-27(43-25)18-8-11-20(41-28(31)32)21(13-18)40-15-17-4-5-17/h6-11,13,17,22,28H,4-5,12,14-15H2,1-3H3,(H2,33,37)(H2,34,39)(H,35,38). The van der Waals surface area contributed by atoms with Gasteiger partial charge in [0.25, 0.3) is 5.91 Å². The number of ether oxygens (including phenoxy) is 3. The SMILES string of the molecule is CC(C)(C)CC(OC(N)=O)c1oc(-c2ccc(OC(F)F)c(OCC3CC3)c2)nc1C(=O)Nc1ccc(CC(N)=O)cc1. The first-order valence-electron chi connectivity index (χ1n) is 13.6. The number of nitrogens with two attached hydrogens (primary N) is 2. The van der Waals surface area contributed by atoms with E-state index in [-0.39, 0.29) is 41.7 Å². The number of hydrogen-bond acceptors (Lipinski definition) is 8. The van der Waals surface area contributed by atoms with Crippen LogP contribution in [-0.4, -0.2) is 36.1 Å². The van der Waals surface area contributed by atoms with Crippen molar-refractivity contribution in [3.8, 4) is 23.0 Å². The van der Waals surface area contributed by atoms with Crippen LogP contribution in [0.1, 0.15) is 67.9 Å². The molecule has 0 aliphatic heterocycles. The van der Waals surface area contributed by atoms with E-state index < -0.39 is 36.0 Å². The molecule has 5 N–H and O–H groups in total. The molecule has 2 aromatic carbocycles. The molecule has 0 spiro atoms. The lowest BCUT2D eigenvalue weighted by molar-refractivity contribution is -0.117. The van der Waals surface area contributed by atoms with Crippen LogP contribution in [0.25, 0.3) is 11.5 Å². The summed E-state index contributed by atoms with van der Waals surface area (Å²) in [6.45, 7) is 2.97. The van der Waals surface area contributed by atoms with Crippen molar-refractivity contribution >= 4 is 23.6 Å². The molecule has 1 aliphatic rings. The van der Waals surface area contributed by atoms with Crippen molar-refractivity contribution in [2.45, 2.75) is 59.2 Å². The molecule has 3 aromatic rings. The summed E-state index contributed by atoms with van der Waals surface area (Å²) in [7, 11) is 0. The fourth-order valence-corrected chi connectivity index (χ4v) is 4.26.